The average molecular weight is 289 g/mol. The monoisotopic (exact) mass is 289 g/mol. The van der Waals surface area contributed by atoms with Gasteiger partial charge in [0.2, 0.25) is 0 Å². The van der Waals surface area contributed by atoms with E-state index in [9.17, 15) is 0 Å². The van der Waals surface area contributed by atoms with Crippen molar-refractivity contribution in [3.05, 3.63) is 22.8 Å². The summed E-state index contributed by atoms with van der Waals surface area (Å²) in [5.41, 5.74) is 9.25. The minimum atomic E-state index is 0.570. The second kappa shape index (κ2) is 7.35. The van der Waals surface area contributed by atoms with Gasteiger partial charge in [0.15, 0.2) is 0 Å². The Hall–Kier alpha value is -0.960. The van der Waals surface area contributed by atoms with E-state index >= 15 is 0 Å². The van der Waals surface area contributed by atoms with Crippen LogP contribution in [0.1, 0.15) is 74.6 Å². The van der Waals surface area contributed by atoms with Crippen LogP contribution >= 0.6 is 0 Å². The highest BCUT2D eigenvalue weighted by molar-refractivity contribution is 5.25. The molecule has 3 nitrogen and oxygen atoms in total. The van der Waals surface area contributed by atoms with Crippen molar-refractivity contribution < 1.29 is 0 Å². The highest BCUT2D eigenvalue weighted by atomic mass is 14.9. The number of nitrogens with two attached hydrogens (primary N) is 1. The highest BCUT2D eigenvalue weighted by Gasteiger charge is 2.26. The summed E-state index contributed by atoms with van der Waals surface area (Å²) in [5, 5.41) is 0. The fourth-order valence-electron chi connectivity index (χ4n) is 3.63. The molecular weight excluding hydrogens is 258 g/mol. The third kappa shape index (κ3) is 4.03. The molecule has 2 rings (SSSR count). The van der Waals surface area contributed by atoms with Crippen LogP contribution in [0.4, 0.5) is 0 Å². The molecule has 118 valence electrons. The number of aromatic nitrogens is 2. The predicted molar refractivity (Wildman–Crippen MR) is 88.4 cm³/mol. The molecule has 0 aliphatic heterocycles. The molecule has 0 bridgehead atoms. The van der Waals surface area contributed by atoms with E-state index in [0.717, 1.165) is 48.4 Å². The minimum Gasteiger partial charge on any atom is -0.330 e. The molecule has 21 heavy (non-hydrogen) atoms. The van der Waals surface area contributed by atoms with Crippen LogP contribution in [-0.4, -0.2) is 16.5 Å². The van der Waals surface area contributed by atoms with Gasteiger partial charge < -0.3 is 5.73 Å². The molecule has 0 amide bonds. The van der Waals surface area contributed by atoms with Crippen molar-refractivity contribution in [2.24, 2.45) is 17.6 Å². The van der Waals surface area contributed by atoms with Gasteiger partial charge in [-0.1, -0.05) is 13.8 Å². The van der Waals surface area contributed by atoms with Gasteiger partial charge >= 0.3 is 0 Å². The molecule has 1 aliphatic carbocycles. The third-order valence-corrected chi connectivity index (χ3v) is 5.15. The van der Waals surface area contributed by atoms with Gasteiger partial charge in [0.1, 0.15) is 5.82 Å². The van der Waals surface area contributed by atoms with Gasteiger partial charge in [0, 0.05) is 17.3 Å². The molecular formula is C18H31N3. The summed E-state index contributed by atoms with van der Waals surface area (Å²) in [5.74, 6) is 3.37. The first-order valence-electron chi connectivity index (χ1n) is 8.57. The summed E-state index contributed by atoms with van der Waals surface area (Å²) >= 11 is 0. The Balaban J connectivity index is 2.08. The Morgan fingerprint density at radius 3 is 2.10 bits per heavy atom. The van der Waals surface area contributed by atoms with E-state index in [-0.39, 0.29) is 0 Å². The average Bonchev–Trinajstić information content (AvgIpc) is 2.46. The van der Waals surface area contributed by atoms with Crippen molar-refractivity contribution in [1.82, 2.24) is 9.97 Å². The zero-order valence-corrected chi connectivity index (χ0v) is 14.2. The minimum absolute atomic E-state index is 0.570. The normalized spacial score (nSPS) is 22.8. The van der Waals surface area contributed by atoms with Crippen LogP contribution in [0.15, 0.2) is 0 Å². The van der Waals surface area contributed by atoms with Gasteiger partial charge in [0.25, 0.3) is 0 Å². The molecule has 1 aromatic rings. The second-order valence-electron chi connectivity index (χ2n) is 6.98. The Morgan fingerprint density at radius 2 is 1.62 bits per heavy atom. The zero-order valence-electron chi connectivity index (χ0n) is 14.2. The van der Waals surface area contributed by atoms with E-state index in [2.05, 4.69) is 27.7 Å². The molecule has 1 saturated carbocycles. The Morgan fingerprint density at radius 1 is 1.05 bits per heavy atom. The number of rotatable bonds is 5. The van der Waals surface area contributed by atoms with Crippen molar-refractivity contribution >= 4 is 0 Å². The maximum Gasteiger partial charge on any atom is 0.131 e. The Bertz CT molecular complexity index is 437. The molecule has 0 radical (unpaired) electrons. The van der Waals surface area contributed by atoms with Gasteiger partial charge in [-0.05, 0) is 76.3 Å². The summed E-state index contributed by atoms with van der Waals surface area (Å²) in [6.07, 6.45) is 7.20. The maximum absolute atomic E-state index is 5.62. The molecule has 1 fully saturated rings. The van der Waals surface area contributed by atoms with Gasteiger partial charge in [-0.25, -0.2) is 9.97 Å². The second-order valence-corrected chi connectivity index (χ2v) is 6.98. The van der Waals surface area contributed by atoms with Crippen LogP contribution in [0.5, 0.6) is 0 Å². The SMILES string of the molecule is Cc1nc(C2CCC(C(C)C)CC2)nc(C)c1CCCN. The van der Waals surface area contributed by atoms with E-state index in [1.165, 1.54) is 31.2 Å². The van der Waals surface area contributed by atoms with Crippen LogP contribution in [0.25, 0.3) is 0 Å². The van der Waals surface area contributed by atoms with Gasteiger partial charge in [-0.3, -0.25) is 0 Å². The van der Waals surface area contributed by atoms with Crippen LogP contribution in [0.2, 0.25) is 0 Å². The lowest BCUT2D eigenvalue weighted by Crippen LogP contribution is -2.20. The molecule has 3 heteroatoms. The van der Waals surface area contributed by atoms with Crippen LogP contribution in [0, 0.1) is 25.7 Å². The van der Waals surface area contributed by atoms with E-state index in [0.29, 0.717) is 5.92 Å². The number of hydrogen-bond donors (Lipinski definition) is 1. The summed E-state index contributed by atoms with van der Waals surface area (Å²) in [6.45, 7) is 9.69. The fraction of sp³-hybridized carbons (Fsp3) is 0.778. The summed E-state index contributed by atoms with van der Waals surface area (Å²) in [6, 6.07) is 0. The molecule has 1 aromatic heterocycles. The molecule has 0 saturated heterocycles. The van der Waals surface area contributed by atoms with Crippen molar-refractivity contribution in [3.63, 3.8) is 0 Å². The lowest BCUT2D eigenvalue weighted by molar-refractivity contribution is 0.254. The summed E-state index contributed by atoms with van der Waals surface area (Å²) in [4.78, 5) is 9.66. The maximum atomic E-state index is 5.62. The van der Waals surface area contributed by atoms with Gasteiger partial charge in [-0.15, -0.1) is 0 Å². The Labute approximate surface area is 129 Å². The molecule has 1 heterocycles. The van der Waals surface area contributed by atoms with Crippen molar-refractivity contribution in [3.8, 4) is 0 Å². The Kier molecular flexibility index (Phi) is 5.74. The quantitative estimate of drug-likeness (QED) is 0.894. The van der Waals surface area contributed by atoms with Gasteiger partial charge in [-0.2, -0.15) is 0 Å². The lowest BCUT2D eigenvalue weighted by Gasteiger charge is -2.30. The standard InChI is InChI=1S/C18H31N3/c1-12(2)15-7-9-16(10-8-15)18-20-13(3)17(6-5-11-19)14(4)21-18/h12,15-16H,5-11,19H2,1-4H3. The summed E-state index contributed by atoms with van der Waals surface area (Å²) < 4.78 is 0. The van der Waals surface area contributed by atoms with E-state index < -0.39 is 0 Å². The van der Waals surface area contributed by atoms with E-state index in [4.69, 9.17) is 15.7 Å². The molecule has 0 unspecified atom stereocenters. The van der Waals surface area contributed by atoms with Crippen molar-refractivity contribution in [2.75, 3.05) is 6.54 Å². The summed E-state index contributed by atoms with van der Waals surface area (Å²) in [7, 11) is 0. The molecule has 0 atom stereocenters. The van der Waals surface area contributed by atoms with Crippen LogP contribution in [-0.2, 0) is 6.42 Å². The predicted octanol–water partition coefficient (Wildman–Crippen LogP) is 3.91. The van der Waals surface area contributed by atoms with Crippen LogP contribution < -0.4 is 5.73 Å². The lowest BCUT2D eigenvalue weighted by atomic mass is 9.76. The first-order chi connectivity index (χ1) is 10.0. The largest absolute Gasteiger partial charge is 0.330 e. The smallest absolute Gasteiger partial charge is 0.131 e. The molecule has 1 aliphatic rings. The fourth-order valence-corrected chi connectivity index (χ4v) is 3.63. The first-order valence-corrected chi connectivity index (χ1v) is 8.57. The van der Waals surface area contributed by atoms with E-state index in [1.807, 2.05) is 0 Å². The van der Waals surface area contributed by atoms with Crippen LogP contribution in [0.3, 0.4) is 0 Å². The van der Waals surface area contributed by atoms with E-state index in [1.54, 1.807) is 0 Å². The highest BCUT2D eigenvalue weighted by Crippen LogP contribution is 2.37. The number of aryl methyl sites for hydroxylation is 2. The van der Waals surface area contributed by atoms with Crippen molar-refractivity contribution in [1.29, 1.82) is 0 Å². The zero-order chi connectivity index (χ0) is 15.4. The molecule has 2 N–H and O–H groups in total. The number of nitrogens with zero attached hydrogens (tertiary/aromatic N) is 2. The molecule has 0 aromatic carbocycles. The van der Waals surface area contributed by atoms with Crippen molar-refractivity contribution in [2.45, 2.75) is 72.1 Å². The first kappa shape index (κ1) is 16.4. The molecule has 0 spiro atoms. The number of hydrogen-bond acceptors (Lipinski definition) is 3. The van der Waals surface area contributed by atoms with Gasteiger partial charge in [0.05, 0.1) is 0 Å². The topological polar surface area (TPSA) is 51.8 Å². The third-order valence-electron chi connectivity index (χ3n) is 5.15.